The number of benzene rings is 3. The van der Waals surface area contributed by atoms with E-state index in [2.05, 4.69) is 0 Å². The highest BCUT2D eigenvalue weighted by Gasteiger charge is 2.15. The van der Waals surface area contributed by atoms with Crippen LogP contribution in [-0.4, -0.2) is 31.6 Å². The molecular weight excluding hydrogens is 374 g/mol. The summed E-state index contributed by atoms with van der Waals surface area (Å²) in [4.78, 5) is 35.3. The Kier molecular flexibility index (Phi) is 6.09. The lowest BCUT2D eigenvalue weighted by Crippen LogP contribution is -2.21. The van der Waals surface area contributed by atoms with Gasteiger partial charge < -0.3 is 19.9 Å². The SMILES string of the molecule is COc1ccc2cc(CC(=O)OCC(=O)Oc3ccccc3C(N)=O)ccc2c1. The summed E-state index contributed by atoms with van der Waals surface area (Å²) in [5.41, 5.74) is 6.05. The zero-order chi connectivity index (χ0) is 20.8. The number of hydrogen-bond acceptors (Lipinski definition) is 6. The number of esters is 2. The number of rotatable bonds is 7. The number of fused-ring (bicyclic) bond motifs is 1. The Balaban J connectivity index is 1.56. The van der Waals surface area contributed by atoms with Gasteiger partial charge in [-0.3, -0.25) is 9.59 Å². The van der Waals surface area contributed by atoms with Crippen LogP contribution in [0.3, 0.4) is 0 Å². The monoisotopic (exact) mass is 393 g/mol. The van der Waals surface area contributed by atoms with Gasteiger partial charge in [-0.1, -0.05) is 36.4 Å². The minimum Gasteiger partial charge on any atom is -0.497 e. The van der Waals surface area contributed by atoms with E-state index in [1.807, 2.05) is 36.4 Å². The highest BCUT2D eigenvalue weighted by Crippen LogP contribution is 2.22. The van der Waals surface area contributed by atoms with Crippen molar-refractivity contribution in [3.63, 3.8) is 0 Å². The van der Waals surface area contributed by atoms with Crippen LogP contribution in [0.4, 0.5) is 0 Å². The summed E-state index contributed by atoms with van der Waals surface area (Å²) in [6.07, 6.45) is 0.00707. The first-order chi connectivity index (χ1) is 14.0. The molecule has 0 aromatic heterocycles. The van der Waals surface area contributed by atoms with Gasteiger partial charge in [-0.25, -0.2) is 4.79 Å². The van der Waals surface area contributed by atoms with Crippen molar-refractivity contribution in [2.45, 2.75) is 6.42 Å². The Morgan fingerprint density at radius 2 is 1.62 bits per heavy atom. The summed E-state index contributed by atoms with van der Waals surface area (Å²) in [5.74, 6) is -1.33. The lowest BCUT2D eigenvalue weighted by atomic mass is 10.0. The normalized spacial score (nSPS) is 10.4. The Bertz CT molecular complexity index is 1080. The molecule has 7 heteroatoms. The van der Waals surface area contributed by atoms with E-state index in [0.717, 1.165) is 22.1 Å². The second-order valence-corrected chi connectivity index (χ2v) is 6.22. The summed E-state index contributed by atoms with van der Waals surface area (Å²) >= 11 is 0. The first-order valence-electron chi connectivity index (χ1n) is 8.78. The van der Waals surface area contributed by atoms with E-state index in [-0.39, 0.29) is 17.7 Å². The summed E-state index contributed by atoms with van der Waals surface area (Å²) < 4.78 is 15.2. The molecule has 0 bridgehead atoms. The number of carbonyl (C=O) groups excluding carboxylic acids is 3. The first-order valence-corrected chi connectivity index (χ1v) is 8.78. The van der Waals surface area contributed by atoms with E-state index in [1.165, 1.54) is 12.1 Å². The van der Waals surface area contributed by atoms with E-state index in [4.69, 9.17) is 19.9 Å². The summed E-state index contributed by atoms with van der Waals surface area (Å²) in [6.45, 7) is -0.573. The van der Waals surface area contributed by atoms with E-state index >= 15 is 0 Å². The molecule has 0 saturated heterocycles. The molecule has 0 atom stereocenters. The minimum absolute atomic E-state index is 0.00707. The van der Waals surface area contributed by atoms with Crippen LogP contribution in [0.1, 0.15) is 15.9 Å². The number of hydrogen-bond donors (Lipinski definition) is 1. The van der Waals surface area contributed by atoms with Gasteiger partial charge in [0.2, 0.25) is 0 Å². The highest BCUT2D eigenvalue weighted by atomic mass is 16.6. The van der Waals surface area contributed by atoms with E-state index < -0.39 is 24.5 Å². The minimum atomic E-state index is -0.808. The van der Waals surface area contributed by atoms with Gasteiger partial charge in [0.05, 0.1) is 19.1 Å². The van der Waals surface area contributed by atoms with E-state index in [0.29, 0.717) is 0 Å². The molecule has 0 fully saturated rings. The van der Waals surface area contributed by atoms with Crippen molar-refractivity contribution in [2.24, 2.45) is 5.73 Å². The van der Waals surface area contributed by atoms with Crippen molar-refractivity contribution in [1.82, 2.24) is 0 Å². The second kappa shape index (κ2) is 8.88. The quantitative estimate of drug-likeness (QED) is 0.489. The Labute approximate surface area is 167 Å². The predicted octanol–water partition coefficient (Wildman–Crippen LogP) is 2.64. The van der Waals surface area contributed by atoms with Gasteiger partial charge in [-0.2, -0.15) is 0 Å². The molecule has 0 aliphatic rings. The van der Waals surface area contributed by atoms with Crippen molar-refractivity contribution in [3.8, 4) is 11.5 Å². The number of nitrogens with two attached hydrogens (primary N) is 1. The van der Waals surface area contributed by atoms with Crippen LogP contribution in [-0.2, 0) is 20.7 Å². The van der Waals surface area contributed by atoms with Gasteiger partial charge in [-0.15, -0.1) is 0 Å². The van der Waals surface area contributed by atoms with Crippen LogP contribution in [0.5, 0.6) is 11.5 Å². The summed E-state index contributed by atoms with van der Waals surface area (Å²) in [6, 6.07) is 17.3. The number of amides is 1. The van der Waals surface area contributed by atoms with Crippen molar-refractivity contribution >= 4 is 28.6 Å². The average Bonchev–Trinajstić information content (AvgIpc) is 2.72. The van der Waals surface area contributed by atoms with Gasteiger partial charge in [-0.05, 0) is 40.6 Å². The van der Waals surface area contributed by atoms with Crippen LogP contribution in [0, 0.1) is 0 Å². The maximum Gasteiger partial charge on any atom is 0.349 e. The zero-order valence-electron chi connectivity index (χ0n) is 15.7. The molecule has 0 radical (unpaired) electrons. The fraction of sp³-hybridized carbons (Fsp3) is 0.136. The molecule has 3 aromatic carbocycles. The summed E-state index contributed by atoms with van der Waals surface area (Å²) in [7, 11) is 1.60. The lowest BCUT2D eigenvalue weighted by Gasteiger charge is -2.09. The van der Waals surface area contributed by atoms with Gasteiger partial charge in [0.15, 0.2) is 6.61 Å². The molecule has 0 aliphatic heterocycles. The Hall–Kier alpha value is -3.87. The zero-order valence-corrected chi connectivity index (χ0v) is 15.7. The fourth-order valence-electron chi connectivity index (χ4n) is 2.78. The Morgan fingerprint density at radius 3 is 2.38 bits per heavy atom. The molecule has 148 valence electrons. The number of para-hydroxylation sites is 1. The van der Waals surface area contributed by atoms with Crippen LogP contribution >= 0.6 is 0 Å². The maximum absolute atomic E-state index is 12.1. The van der Waals surface area contributed by atoms with Gasteiger partial charge >= 0.3 is 11.9 Å². The first kappa shape index (κ1) is 19.9. The smallest absolute Gasteiger partial charge is 0.349 e. The van der Waals surface area contributed by atoms with Crippen molar-refractivity contribution < 1.29 is 28.6 Å². The largest absolute Gasteiger partial charge is 0.497 e. The molecule has 0 heterocycles. The fourth-order valence-corrected chi connectivity index (χ4v) is 2.78. The van der Waals surface area contributed by atoms with Crippen LogP contribution in [0.2, 0.25) is 0 Å². The molecule has 0 saturated carbocycles. The van der Waals surface area contributed by atoms with E-state index in [9.17, 15) is 14.4 Å². The maximum atomic E-state index is 12.1. The van der Waals surface area contributed by atoms with Crippen molar-refractivity contribution in [1.29, 1.82) is 0 Å². The third kappa shape index (κ3) is 5.10. The third-order valence-corrected chi connectivity index (χ3v) is 4.19. The lowest BCUT2D eigenvalue weighted by molar-refractivity contribution is -0.153. The van der Waals surface area contributed by atoms with Gasteiger partial charge in [0, 0.05) is 0 Å². The van der Waals surface area contributed by atoms with Crippen molar-refractivity contribution in [2.75, 3.05) is 13.7 Å². The molecule has 3 rings (SSSR count). The molecule has 0 spiro atoms. The second-order valence-electron chi connectivity index (χ2n) is 6.22. The highest BCUT2D eigenvalue weighted by molar-refractivity contribution is 5.96. The molecule has 1 amide bonds. The van der Waals surface area contributed by atoms with Crippen molar-refractivity contribution in [3.05, 3.63) is 71.8 Å². The van der Waals surface area contributed by atoms with Crippen LogP contribution < -0.4 is 15.2 Å². The van der Waals surface area contributed by atoms with Gasteiger partial charge in [0.25, 0.3) is 5.91 Å². The molecular formula is C22H19NO6. The number of primary amides is 1. The average molecular weight is 393 g/mol. The molecule has 2 N–H and O–H groups in total. The van der Waals surface area contributed by atoms with Crippen LogP contribution in [0.15, 0.2) is 60.7 Å². The van der Waals surface area contributed by atoms with E-state index in [1.54, 1.807) is 19.2 Å². The topological polar surface area (TPSA) is 105 Å². The Morgan fingerprint density at radius 1 is 0.897 bits per heavy atom. The third-order valence-electron chi connectivity index (χ3n) is 4.19. The number of ether oxygens (including phenoxy) is 3. The molecule has 0 unspecified atom stereocenters. The molecule has 29 heavy (non-hydrogen) atoms. The molecule has 7 nitrogen and oxygen atoms in total. The molecule has 0 aliphatic carbocycles. The summed E-state index contributed by atoms with van der Waals surface area (Å²) in [5, 5.41) is 1.94. The number of carbonyl (C=O) groups is 3. The van der Waals surface area contributed by atoms with Gasteiger partial charge in [0.1, 0.15) is 11.5 Å². The van der Waals surface area contributed by atoms with Crippen LogP contribution in [0.25, 0.3) is 10.8 Å². The standard InChI is InChI=1S/C22H19NO6/c1-27-17-9-8-15-10-14(6-7-16(15)12-17)11-20(24)28-13-21(25)29-19-5-3-2-4-18(19)22(23)26/h2-10,12H,11,13H2,1H3,(H2,23,26). The predicted molar refractivity (Wildman–Crippen MR) is 106 cm³/mol. The number of methoxy groups -OCH3 is 1. The molecule has 3 aromatic rings.